The van der Waals surface area contributed by atoms with Crippen molar-refractivity contribution in [2.75, 3.05) is 18.6 Å². The summed E-state index contributed by atoms with van der Waals surface area (Å²) >= 11 is 1.14. The summed E-state index contributed by atoms with van der Waals surface area (Å²) in [4.78, 5) is 58.2. The van der Waals surface area contributed by atoms with E-state index in [1.165, 1.54) is 15.8 Å². The molecule has 1 aliphatic heterocycles. The molecule has 1 aromatic carbocycles. The van der Waals surface area contributed by atoms with Gasteiger partial charge in [-0.3, -0.25) is 19.0 Å². The van der Waals surface area contributed by atoms with E-state index >= 15 is 0 Å². The lowest BCUT2D eigenvalue weighted by Gasteiger charge is -2.26. The van der Waals surface area contributed by atoms with Crippen molar-refractivity contribution >= 4 is 44.9 Å². The van der Waals surface area contributed by atoms with E-state index in [1.807, 2.05) is 0 Å². The smallest absolute Gasteiger partial charge is 0.348 e. The number of rotatable bonds is 5. The van der Waals surface area contributed by atoms with Crippen LogP contribution in [-0.2, 0) is 9.53 Å². The first-order valence-corrected chi connectivity index (χ1v) is 12.9. The molecule has 1 unspecified atom stereocenters. The van der Waals surface area contributed by atoms with E-state index in [4.69, 9.17) is 9.47 Å². The highest BCUT2D eigenvalue weighted by Gasteiger charge is 2.28. The second-order valence-corrected chi connectivity index (χ2v) is 10.3. The van der Waals surface area contributed by atoms with Gasteiger partial charge in [0, 0.05) is 12.6 Å². The van der Waals surface area contributed by atoms with Gasteiger partial charge in [0.25, 0.3) is 11.5 Å². The SMILES string of the molecule is Cc1c(C(=O)OC2CCCCC2)sc2ncn(C(C)C(=O)c3ccc4c(c3)N(C)C(=O)CO4)c(=O)c12. The molecule has 2 aromatic heterocycles. The van der Waals surface area contributed by atoms with E-state index in [1.54, 1.807) is 39.1 Å². The molecule has 1 amide bonds. The van der Waals surface area contributed by atoms with E-state index < -0.39 is 12.0 Å². The number of thiophene rings is 1. The maximum Gasteiger partial charge on any atom is 0.348 e. The summed E-state index contributed by atoms with van der Waals surface area (Å²) in [6.07, 6.45) is 6.23. The summed E-state index contributed by atoms with van der Waals surface area (Å²) in [7, 11) is 1.62. The van der Waals surface area contributed by atoms with Crippen LogP contribution >= 0.6 is 11.3 Å². The number of amides is 1. The second kappa shape index (κ2) is 9.50. The number of ether oxygens (including phenoxy) is 2. The van der Waals surface area contributed by atoms with Crippen LogP contribution in [0, 0.1) is 6.92 Å². The summed E-state index contributed by atoms with van der Waals surface area (Å²) in [6, 6.07) is 4.01. The van der Waals surface area contributed by atoms with Crippen LogP contribution in [0.5, 0.6) is 5.75 Å². The Hall–Kier alpha value is -3.53. The Morgan fingerprint density at radius 1 is 1.19 bits per heavy atom. The first-order valence-electron chi connectivity index (χ1n) is 12.0. The topological polar surface area (TPSA) is 108 Å². The van der Waals surface area contributed by atoms with Gasteiger partial charge in [0.05, 0.1) is 23.4 Å². The number of carbonyl (C=O) groups excluding carboxylic acids is 3. The Bertz CT molecular complexity index is 1440. The Kier molecular flexibility index (Phi) is 6.38. The number of benzene rings is 1. The third-order valence-electron chi connectivity index (χ3n) is 7.01. The number of aromatic nitrogens is 2. The molecule has 0 N–H and O–H groups in total. The molecule has 3 heterocycles. The summed E-state index contributed by atoms with van der Waals surface area (Å²) in [5, 5.41) is 0.321. The molecule has 36 heavy (non-hydrogen) atoms. The van der Waals surface area contributed by atoms with Crippen LogP contribution in [0.1, 0.15) is 70.7 Å². The third kappa shape index (κ3) is 4.19. The fraction of sp³-hybridized carbons (Fsp3) is 0.423. The minimum atomic E-state index is -0.852. The highest BCUT2D eigenvalue weighted by Crippen LogP contribution is 2.33. The predicted octanol–water partition coefficient (Wildman–Crippen LogP) is 4.06. The van der Waals surface area contributed by atoms with E-state index in [2.05, 4.69) is 4.98 Å². The molecule has 0 radical (unpaired) electrons. The zero-order valence-corrected chi connectivity index (χ0v) is 21.2. The maximum atomic E-state index is 13.4. The fourth-order valence-corrected chi connectivity index (χ4v) is 5.81. The molecule has 0 bridgehead atoms. The molecule has 188 valence electrons. The molecule has 9 nitrogen and oxygen atoms in total. The Morgan fingerprint density at radius 3 is 2.69 bits per heavy atom. The van der Waals surface area contributed by atoms with Gasteiger partial charge in [0.2, 0.25) is 0 Å². The van der Waals surface area contributed by atoms with Crippen LogP contribution in [0.4, 0.5) is 5.69 Å². The van der Waals surface area contributed by atoms with Gasteiger partial charge in [-0.1, -0.05) is 6.42 Å². The van der Waals surface area contributed by atoms with Crippen molar-refractivity contribution in [1.29, 1.82) is 0 Å². The number of carbonyl (C=O) groups is 3. The molecule has 2 aliphatic rings. The van der Waals surface area contributed by atoms with Crippen molar-refractivity contribution in [3.05, 3.63) is 50.9 Å². The van der Waals surface area contributed by atoms with Crippen molar-refractivity contribution in [2.45, 2.75) is 58.1 Å². The van der Waals surface area contributed by atoms with Gasteiger partial charge in [-0.25, -0.2) is 9.78 Å². The molecule has 10 heteroatoms. The number of likely N-dealkylation sites (N-methyl/N-ethyl adjacent to an activating group) is 1. The largest absolute Gasteiger partial charge is 0.482 e. The van der Waals surface area contributed by atoms with Gasteiger partial charge < -0.3 is 14.4 Å². The number of fused-ring (bicyclic) bond motifs is 2. The van der Waals surface area contributed by atoms with E-state index in [0.29, 0.717) is 37.7 Å². The summed E-state index contributed by atoms with van der Waals surface area (Å²) in [5.74, 6) is -0.426. The summed E-state index contributed by atoms with van der Waals surface area (Å²) in [5.41, 5.74) is 0.977. The molecular formula is C26H27N3O6S. The minimum Gasteiger partial charge on any atom is -0.482 e. The number of Topliss-reactive ketones (excluding diaryl/α,β-unsaturated/α-hetero) is 1. The molecule has 0 saturated heterocycles. The zero-order valence-electron chi connectivity index (χ0n) is 20.4. The van der Waals surface area contributed by atoms with Crippen molar-refractivity contribution in [2.24, 2.45) is 0 Å². The Balaban J connectivity index is 1.44. The monoisotopic (exact) mass is 509 g/mol. The first-order chi connectivity index (χ1) is 17.3. The van der Waals surface area contributed by atoms with Gasteiger partial charge >= 0.3 is 5.97 Å². The highest BCUT2D eigenvalue weighted by molar-refractivity contribution is 7.20. The van der Waals surface area contributed by atoms with E-state index in [-0.39, 0.29) is 30.0 Å². The predicted molar refractivity (Wildman–Crippen MR) is 135 cm³/mol. The number of ketones is 1. The molecule has 1 aliphatic carbocycles. The number of hydrogen-bond donors (Lipinski definition) is 0. The number of esters is 1. The highest BCUT2D eigenvalue weighted by atomic mass is 32.1. The maximum absolute atomic E-state index is 13.4. The summed E-state index contributed by atoms with van der Waals surface area (Å²) in [6.45, 7) is 3.29. The third-order valence-corrected chi connectivity index (χ3v) is 8.19. The average Bonchev–Trinajstić information content (AvgIpc) is 3.23. The standard InChI is InChI=1S/C26H27N3O6S/c1-14-21-24(36-23(14)26(33)35-17-7-5-4-6-8-17)27-13-29(25(21)32)15(2)22(31)16-9-10-19-18(11-16)28(3)20(30)12-34-19/h9-11,13,15,17H,4-8,12H2,1-3H3. The van der Waals surface area contributed by atoms with Crippen molar-refractivity contribution in [3.8, 4) is 5.75 Å². The molecule has 5 rings (SSSR count). The van der Waals surface area contributed by atoms with Crippen molar-refractivity contribution < 1.29 is 23.9 Å². The molecule has 1 fully saturated rings. The molecular weight excluding hydrogens is 482 g/mol. The average molecular weight is 510 g/mol. The van der Waals surface area contributed by atoms with E-state index in [0.717, 1.165) is 43.4 Å². The molecule has 1 atom stereocenters. The first kappa shape index (κ1) is 24.2. The van der Waals surface area contributed by atoms with Gasteiger partial charge in [-0.05, 0) is 63.3 Å². The van der Waals surface area contributed by atoms with Gasteiger partial charge in [-0.15, -0.1) is 11.3 Å². The molecule has 3 aromatic rings. The van der Waals surface area contributed by atoms with Crippen LogP contribution in [0.15, 0.2) is 29.3 Å². The summed E-state index contributed by atoms with van der Waals surface area (Å²) < 4.78 is 12.4. The number of aryl methyl sites for hydroxylation is 1. The number of hydrogen-bond acceptors (Lipinski definition) is 8. The molecule has 0 spiro atoms. The minimum absolute atomic E-state index is 0.0511. The van der Waals surface area contributed by atoms with E-state index in [9.17, 15) is 19.2 Å². The number of nitrogens with zero attached hydrogens (tertiary/aromatic N) is 3. The zero-order chi connectivity index (χ0) is 25.6. The van der Waals surface area contributed by atoms with Gasteiger partial charge in [0.1, 0.15) is 21.6 Å². The normalized spacial score (nSPS) is 17.0. The lowest BCUT2D eigenvalue weighted by molar-refractivity contribution is -0.121. The van der Waals surface area contributed by atoms with Crippen molar-refractivity contribution in [3.63, 3.8) is 0 Å². The van der Waals surface area contributed by atoms with Gasteiger partial charge in [-0.2, -0.15) is 0 Å². The molecule has 1 saturated carbocycles. The van der Waals surface area contributed by atoms with Crippen LogP contribution in [0.3, 0.4) is 0 Å². The lowest BCUT2D eigenvalue weighted by atomic mass is 9.98. The Labute approximate surface area is 211 Å². The quantitative estimate of drug-likeness (QED) is 0.377. The van der Waals surface area contributed by atoms with Crippen LogP contribution in [0.25, 0.3) is 10.2 Å². The lowest BCUT2D eigenvalue weighted by Crippen LogP contribution is -2.35. The van der Waals surface area contributed by atoms with Crippen LogP contribution in [-0.4, -0.2) is 47.0 Å². The van der Waals surface area contributed by atoms with Gasteiger partial charge in [0.15, 0.2) is 12.4 Å². The number of anilines is 1. The second-order valence-electron chi connectivity index (χ2n) is 9.32. The van der Waals surface area contributed by atoms with Crippen LogP contribution in [0.2, 0.25) is 0 Å². The van der Waals surface area contributed by atoms with Crippen LogP contribution < -0.4 is 15.2 Å². The fourth-order valence-electron chi connectivity index (χ4n) is 4.79. The Morgan fingerprint density at radius 2 is 1.94 bits per heavy atom. The van der Waals surface area contributed by atoms with Crippen molar-refractivity contribution in [1.82, 2.24) is 9.55 Å².